The van der Waals surface area contributed by atoms with Crippen LogP contribution in [0.2, 0.25) is 0 Å². The molecule has 1 aliphatic heterocycles. The van der Waals surface area contributed by atoms with Crippen molar-refractivity contribution in [1.29, 1.82) is 0 Å². The van der Waals surface area contributed by atoms with Crippen molar-refractivity contribution >= 4 is 5.82 Å². The Kier molecular flexibility index (Phi) is 2.06. The Morgan fingerprint density at radius 3 is 2.94 bits per heavy atom. The lowest BCUT2D eigenvalue weighted by molar-refractivity contribution is 0.398. The first-order valence-electron chi connectivity index (χ1n) is 7.14. The number of fused-ring (bicyclic) bond motifs is 3. The summed E-state index contributed by atoms with van der Waals surface area (Å²) < 4.78 is 2.21. The summed E-state index contributed by atoms with van der Waals surface area (Å²) >= 11 is 0. The van der Waals surface area contributed by atoms with Gasteiger partial charge in [-0.05, 0) is 44.4 Å². The molecular formula is C14H21N3. The van der Waals surface area contributed by atoms with E-state index in [0.717, 1.165) is 24.3 Å². The molecule has 1 aromatic rings. The predicted octanol–water partition coefficient (Wildman–Crippen LogP) is 3.16. The fraction of sp³-hybridized carbons (Fsp3) is 0.786. The van der Waals surface area contributed by atoms with Gasteiger partial charge in [-0.1, -0.05) is 6.42 Å². The van der Waals surface area contributed by atoms with Gasteiger partial charge in [0.25, 0.3) is 0 Å². The molecule has 4 atom stereocenters. The van der Waals surface area contributed by atoms with Gasteiger partial charge in [0.2, 0.25) is 0 Å². The molecule has 2 heterocycles. The molecule has 2 fully saturated rings. The molecule has 1 N–H and O–H groups in total. The largest absolute Gasteiger partial charge is 0.370 e. The predicted molar refractivity (Wildman–Crippen MR) is 68.2 cm³/mol. The Balaban J connectivity index is 1.66. The van der Waals surface area contributed by atoms with Gasteiger partial charge in [0, 0.05) is 18.5 Å². The number of hydrogen-bond acceptors (Lipinski definition) is 2. The van der Waals surface area contributed by atoms with Crippen LogP contribution in [-0.2, 0) is 0 Å². The fourth-order valence-electron chi connectivity index (χ4n) is 4.20. The highest BCUT2D eigenvalue weighted by molar-refractivity contribution is 5.40. The maximum atomic E-state index is 4.89. The Morgan fingerprint density at radius 1 is 1.29 bits per heavy atom. The van der Waals surface area contributed by atoms with Crippen LogP contribution >= 0.6 is 0 Å². The Labute approximate surface area is 103 Å². The molecule has 17 heavy (non-hydrogen) atoms. The van der Waals surface area contributed by atoms with E-state index in [1.54, 1.807) is 0 Å². The van der Waals surface area contributed by atoms with Crippen LogP contribution in [0.1, 0.15) is 56.7 Å². The summed E-state index contributed by atoms with van der Waals surface area (Å²) in [7, 11) is 0. The van der Waals surface area contributed by atoms with Gasteiger partial charge in [0.05, 0.1) is 11.7 Å². The van der Waals surface area contributed by atoms with E-state index in [1.165, 1.54) is 43.6 Å². The smallest absolute Gasteiger partial charge is 0.124 e. The highest BCUT2D eigenvalue weighted by Gasteiger charge is 2.41. The summed E-state index contributed by atoms with van der Waals surface area (Å²) in [5, 5.41) is 8.37. The van der Waals surface area contributed by atoms with Crippen LogP contribution in [-0.4, -0.2) is 16.3 Å². The van der Waals surface area contributed by atoms with Gasteiger partial charge < -0.3 is 5.32 Å². The summed E-state index contributed by atoms with van der Waals surface area (Å²) in [4.78, 5) is 0. The van der Waals surface area contributed by atoms with Gasteiger partial charge in [-0.15, -0.1) is 0 Å². The Hall–Kier alpha value is -0.990. The van der Waals surface area contributed by atoms with E-state index < -0.39 is 0 Å². The summed E-state index contributed by atoms with van der Waals surface area (Å²) in [5.74, 6) is 3.96. The van der Waals surface area contributed by atoms with Crippen molar-refractivity contribution in [3.8, 4) is 0 Å². The number of rotatable bonds is 1. The summed E-state index contributed by atoms with van der Waals surface area (Å²) in [6.45, 7) is 3.38. The van der Waals surface area contributed by atoms with Gasteiger partial charge in [-0.2, -0.15) is 5.10 Å². The highest BCUT2D eigenvalue weighted by atomic mass is 15.4. The zero-order valence-electron chi connectivity index (χ0n) is 10.5. The Bertz CT molecular complexity index is 437. The zero-order valence-corrected chi connectivity index (χ0v) is 10.5. The molecule has 2 aliphatic carbocycles. The van der Waals surface area contributed by atoms with E-state index in [-0.39, 0.29) is 0 Å². The summed E-state index contributed by atoms with van der Waals surface area (Å²) in [5.41, 5.74) is 1.37. The monoisotopic (exact) mass is 231 g/mol. The van der Waals surface area contributed by atoms with Gasteiger partial charge in [-0.3, -0.25) is 0 Å². The van der Waals surface area contributed by atoms with E-state index in [9.17, 15) is 0 Å². The number of nitrogens with one attached hydrogen (secondary N) is 1. The van der Waals surface area contributed by atoms with E-state index in [4.69, 9.17) is 5.10 Å². The second-order valence-electron chi connectivity index (χ2n) is 6.24. The first-order valence-corrected chi connectivity index (χ1v) is 7.14. The lowest BCUT2D eigenvalue weighted by atomic mass is 9.86. The molecule has 2 bridgehead atoms. The average Bonchev–Trinajstić information content (AvgIpc) is 3.03. The molecule has 3 nitrogen and oxygen atoms in total. The van der Waals surface area contributed by atoms with Crippen LogP contribution in [0.25, 0.3) is 0 Å². The maximum absolute atomic E-state index is 4.89. The SMILES string of the molecule is CC1CCNc2cc(C3CC4CCC3C4)nn21. The molecule has 3 aliphatic rings. The maximum Gasteiger partial charge on any atom is 0.124 e. The van der Waals surface area contributed by atoms with Gasteiger partial charge >= 0.3 is 0 Å². The third-order valence-electron chi connectivity index (χ3n) is 5.16. The minimum atomic E-state index is 0.568. The molecule has 0 spiro atoms. The Morgan fingerprint density at radius 2 is 2.24 bits per heavy atom. The number of anilines is 1. The number of aromatic nitrogens is 2. The molecule has 92 valence electrons. The van der Waals surface area contributed by atoms with E-state index in [2.05, 4.69) is 23.0 Å². The summed E-state index contributed by atoms with van der Waals surface area (Å²) in [6.07, 6.45) is 6.99. The van der Waals surface area contributed by atoms with Crippen molar-refractivity contribution in [2.45, 2.75) is 51.0 Å². The van der Waals surface area contributed by atoms with E-state index in [1.807, 2.05) is 0 Å². The molecule has 4 rings (SSSR count). The van der Waals surface area contributed by atoms with Crippen LogP contribution in [0, 0.1) is 11.8 Å². The second kappa shape index (κ2) is 3.50. The van der Waals surface area contributed by atoms with Crippen LogP contribution in [0.15, 0.2) is 6.07 Å². The third kappa shape index (κ3) is 1.44. The van der Waals surface area contributed by atoms with Crippen molar-refractivity contribution in [3.63, 3.8) is 0 Å². The average molecular weight is 231 g/mol. The first kappa shape index (κ1) is 9.98. The normalized spacial score (nSPS) is 39.1. The van der Waals surface area contributed by atoms with Crippen LogP contribution in [0.3, 0.4) is 0 Å². The molecule has 4 unspecified atom stereocenters. The van der Waals surface area contributed by atoms with Crippen molar-refractivity contribution in [1.82, 2.24) is 9.78 Å². The van der Waals surface area contributed by atoms with Crippen LogP contribution in [0.4, 0.5) is 5.82 Å². The molecule has 1 aromatic heterocycles. The van der Waals surface area contributed by atoms with Gasteiger partial charge in [0.15, 0.2) is 0 Å². The minimum Gasteiger partial charge on any atom is -0.370 e. The standard InChI is InChI=1S/C14H21N3/c1-9-4-5-15-14-8-13(16-17(9)14)12-7-10-2-3-11(12)6-10/h8-12,15H,2-7H2,1H3. The van der Waals surface area contributed by atoms with Crippen molar-refractivity contribution in [3.05, 3.63) is 11.8 Å². The molecule has 0 radical (unpaired) electrons. The lowest BCUT2D eigenvalue weighted by Crippen LogP contribution is -2.21. The van der Waals surface area contributed by atoms with E-state index in [0.29, 0.717) is 6.04 Å². The zero-order chi connectivity index (χ0) is 11.4. The van der Waals surface area contributed by atoms with Crippen molar-refractivity contribution in [2.75, 3.05) is 11.9 Å². The highest BCUT2D eigenvalue weighted by Crippen LogP contribution is 2.52. The lowest BCUT2D eigenvalue weighted by Gasteiger charge is -2.22. The molecule has 2 saturated carbocycles. The third-order valence-corrected chi connectivity index (χ3v) is 5.16. The molecule has 0 amide bonds. The van der Waals surface area contributed by atoms with Gasteiger partial charge in [0.1, 0.15) is 5.82 Å². The number of nitrogens with zero attached hydrogens (tertiary/aromatic N) is 2. The van der Waals surface area contributed by atoms with Crippen LogP contribution < -0.4 is 5.32 Å². The fourth-order valence-corrected chi connectivity index (χ4v) is 4.20. The second-order valence-corrected chi connectivity index (χ2v) is 6.24. The van der Waals surface area contributed by atoms with Gasteiger partial charge in [-0.25, -0.2) is 4.68 Å². The van der Waals surface area contributed by atoms with Crippen molar-refractivity contribution < 1.29 is 0 Å². The molecule has 3 heteroatoms. The minimum absolute atomic E-state index is 0.568. The first-order chi connectivity index (χ1) is 8.31. The van der Waals surface area contributed by atoms with Crippen LogP contribution in [0.5, 0.6) is 0 Å². The summed E-state index contributed by atoms with van der Waals surface area (Å²) in [6, 6.07) is 2.89. The quantitative estimate of drug-likeness (QED) is 0.804. The molecule has 0 saturated heterocycles. The topological polar surface area (TPSA) is 29.9 Å². The molecule has 0 aromatic carbocycles. The molecular weight excluding hydrogens is 210 g/mol. The number of hydrogen-bond donors (Lipinski definition) is 1. The van der Waals surface area contributed by atoms with Crippen molar-refractivity contribution in [2.24, 2.45) is 11.8 Å². The van der Waals surface area contributed by atoms with E-state index >= 15 is 0 Å².